The van der Waals surface area contributed by atoms with Crippen molar-refractivity contribution in [2.45, 2.75) is 51.3 Å². The standard InChI is InChI=1S/C27H41N3O3/c1-32-27-11-5-9-24(17-27)19-30-12-6-10-25(30)20-29(18-23-7-3-2-4-8-23)22-26(31)21-28-13-15-33-16-14-28/h5-6,9-12,17,23,26,31H,2-4,7-8,13-16,18-22H2,1H3. The van der Waals surface area contributed by atoms with Crippen LogP contribution in [0.15, 0.2) is 42.6 Å². The Kier molecular flexibility index (Phi) is 9.24. The third-order valence-corrected chi connectivity index (χ3v) is 7.08. The summed E-state index contributed by atoms with van der Waals surface area (Å²) in [5, 5.41) is 10.9. The van der Waals surface area contributed by atoms with Gasteiger partial charge < -0.3 is 19.1 Å². The molecular formula is C27H41N3O3. The Morgan fingerprint density at radius 3 is 2.73 bits per heavy atom. The van der Waals surface area contributed by atoms with E-state index < -0.39 is 0 Å². The van der Waals surface area contributed by atoms with Crippen LogP contribution in [0.3, 0.4) is 0 Å². The number of benzene rings is 1. The van der Waals surface area contributed by atoms with Gasteiger partial charge in [-0.2, -0.15) is 0 Å². The molecule has 4 rings (SSSR count). The number of β-amino-alcohol motifs (C(OH)–C–C–N with tert-alkyl or cyclic N) is 1. The molecule has 1 saturated carbocycles. The average Bonchev–Trinajstić information content (AvgIpc) is 3.26. The molecule has 1 atom stereocenters. The molecule has 2 aliphatic rings. The summed E-state index contributed by atoms with van der Waals surface area (Å²) < 4.78 is 13.2. The summed E-state index contributed by atoms with van der Waals surface area (Å²) in [5.41, 5.74) is 2.53. The van der Waals surface area contributed by atoms with Gasteiger partial charge in [-0.15, -0.1) is 0 Å². The van der Waals surface area contributed by atoms with E-state index in [9.17, 15) is 5.11 Å². The van der Waals surface area contributed by atoms with E-state index >= 15 is 0 Å². The van der Waals surface area contributed by atoms with Crippen LogP contribution < -0.4 is 4.74 Å². The number of aliphatic hydroxyl groups is 1. The second-order valence-electron chi connectivity index (χ2n) is 9.74. The molecule has 2 aromatic rings. The summed E-state index contributed by atoms with van der Waals surface area (Å²) in [4.78, 5) is 4.83. The highest BCUT2D eigenvalue weighted by Gasteiger charge is 2.22. The van der Waals surface area contributed by atoms with E-state index in [0.717, 1.165) is 70.7 Å². The van der Waals surface area contributed by atoms with Gasteiger partial charge in [0, 0.05) is 57.7 Å². The number of aromatic nitrogens is 1. The number of rotatable bonds is 11. The normalized spacial score (nSPS) is 19.1. The molecule has 1 aromatic carbocycles. The molecule has 182 valence electrons. The van der Waals surface area contributed by atoms with Crippen molar-refractivity contribution in [3.63, 3.8) is 0 Å². The maximum Gasteiger partial charge on any atom is 0.119 e. The third kappa shape index (κ3) is 7.57. The van der Waals surface area contributed by atoms with E-state index in [1.54, 1.807) is 7.11 Å². The molecule has 1 N–H and O–H groups in total. The minimum atomic E-state index is -0.339. The van der Waals surface area contributed by atoms with Crippen LogP contribution in [-0.2, 0) is 17.8 Å². The minimum Gasteiger partial charge on any atom is -0.497 e. The molecule has 1 saturated heterocycles. The van der Waals surface area contributed by atoms with Crippen LogP contribution in [-0.4, -0.2) is 78.6 Å². The van der Waals surface area contributed by atoms with Crippen molar-refractivity contribution in [2.24, 2.45) is 5.92 Å². The van der Waals surface area contributed by atoms with Crippen LogP contribution in [0, 0.1) is 5.92 Å². The van der Waals surface area contributed by atoms with E-state index in [0.29, 0.717) is 0 Å². The van der Waals surface area contributed by atoms with Gasteiger partial charge in [0.05, 0.1) is 26.4 Å². The molecule has 33 heavy (non-hydrogen) atoms. The van der Waals surface area contributed by atoms with Crippen molar-refractivity contribution in [1.82, 2.24) is 14.4 Å². The first-order valence-electron chi connectivity index (χ1n) is 12.7. The molecule has 1 aliphatic carbocycles. The molecule has 1 aromatic heterocycles. The summed E-state index contributed by atoms with van der Waals surface area (Å²) >= 11 is 0. The van der Waals surface area contributed by atoms with Crippen LogP contribution in [0.25, 0.3) is 0 Å². The topological polar surface area (TPSA) is 50.1 Å². The van der Waals surface area contributed by atoms with Gasteiger partial charge in [0.25, 0.3) is 0 Å². The number of ether oxygens (including phenoxy) is 2. The maximum atomic E-state index is 10.9. The zero-order chi connectivity index (χ0) is 22.9. The SMILES string of the molecule is COc1cccc(Cn2cccc2CN(CC(O)CN2CCOCC2)CC2CCCCC2)c1. The molecule has 0 radical (unpaired) electrons. The predicted octanol–water partition coefficient (Wildman–Crippen LogP) is 3.62. The van der Waals surface area contributed by atoms with Crippen LogP contribution in [0.4, 0.5) is 0 Å². The molecule has 0 amide bonds. The highest BCUT2D eigenvalue weighted by Crippen LogP contribution is 2.25. The molecule has 6 nitrogen and oxygen atoms in total. The smallest absolute Gasteiger partial charge is 0.119 e. The van der Waals surface area contributed by atoms with Crippen molar-refractivity contribution in [3.8, 4) is 5.75 Å². The molecule has 6 heteroatoms. The lowest BCUT2D eigenvalue weighted by Crippen LogP contribution is -2.45. The lowest BCUT2D eigenvalue weighted by atomic mass is 9.89. The highest BCUT2D eigenvalue weighted by atomic mass is 16.5. The fourth-order valence-corrected chi connectivity index (χ4v) is 5.32. The number of hydrogen-bond acceptors (Lipinski definition) is 5. The first-order valence-corrected chi connectivity index (χ1v) is 12.7. The van der Waals surface area contributed by atoms with Crippen molar-refractivity contribution < 1.29 is 14.6 Å². The molecular weight excluding hydrogens is 414 g/mol. The Morgan fingerprint density at radius 1 is 1.12 bits per heavy atom. The average molecular weight is 456 g/mol. The van der Waals surface area contributed by atoms with E-state index in [1.165, 1.54) is 43.4 Å². The molecule has 2 heterocycles. The van der Waals surface area contributed by atoms with Gasteiger partial charge in [0.2, 0.25) is 0 Å². The van der Waals surface area contributed by atoms with E-state index in [1.807, 2.05) is 6.07 Å². The summed E-state index contributed by atoms with van der Waals surface area (Å²) in [6, 6.07) is 12.7. The quantitative estimate of drug-likeness (QED) is 0.561. The summed E-state index contributed by atoms with van der Waals surface area (Å²) in [6.07, 6.45) is 8.54. The molecule has 0 bridgehead atoms. The monoisotopic (exact) mass is 455 g/mol. The Hall–Kier alpha value is -1.86. The van der Waals surface area contributed by atoms with E-state index in [2.05, 4.69) is 50.9 Å². The maximum absolute atomic E-state index is 10.9. The number of aliphatic hydroxyl groups excluding tert-OH is 1. The predicted molar refractivity (Wildman–Crippen MR) is 132 cm³/mol. The summed E-state index contributed by atoms with van der Waals surface area (Å²) in [5.74, 6) is 1.64. The Morgan fingerprint density at radius 2 is 1.94 bits per heavy atom. The minimum absolute atomic E-state index is 0.339. The van der Waals surface area contributed by atoms with Crippen LogP contribution in [0.2, 0.25) is 0 Å². The van der Waals surface area contributed by atoms with Crippen molar-refractivity contribution >= 4 is 0 Å². The van der Waals surface area contributed by atoms with Gasteiger partial charge in [-0.25, -0.2) is 0 Å². The Bertz CT molecular complexity index is 828. The van der Waals surface area contributed by atoms with E-state index in [4.69, 9.17) is 9.47 Å². The zero-order valence-electron chi connectivity index (χ0n) is 20.2. The fraction of sp³-hybridized carbons (Fsp3) is 0.630. The second-order valence-corrected chi connectivity index (χ2v) is 9.74. The number of morpholine rings is 1. The van der Waals surface area contributed by atoms with Crippen molar-refractivity contribution in [1.29, 1.82) is 0 Å². The van der Waals surface area contributed by atoms with Gasteiger partial charge in [-0.3, -0.25) is 9.80 Å². The number of nitrogens with zero attached hydrogens (tertiary/aromatic N) is 3. The van der Waals surface area contributed by atoms with Gasteiger partial charge in [-0.1, -0.05) is 31.4 Å². The number of hydrogen-bond donors (Lipinski definition) is 1. The fourth-order valence-electron chi connectivity index (χ4n) is 5.32. The van der Waals surface area contributed by atoms with Gasteiger partial charge in [0.15, 0.2) is 0 Å². The summed E-state index contributed by atoms with van der Waals surface area (Å²) in [6.45, 7) is 7.61. The van der Waals surface area contributed by atoms with Gasteiger partial charge in [-0.05, 0) is 48.6 Å². The largest absolute Gasteiger partial charge is 0.497 e. The van der Waals surface area contributed by atoms with Crippen LogP contribution >= 0.6 is 0 Å². The number of methoxy groups -OCH3 is 1. The Labute approximate surface area is 199 Å². The lowest BCUT2D eigenvalue weighted by Gasteiger charge is -2.33. The van der Waals surface area contributed by atoms with E-state index in [-0.39, 0.29) is 6.10 Å². The lowest BCUT2D eigenvalue weighted by molar-refractivity contribution is 0.00431. The van der Waals surface area contributed by atoms with Crippen molar-refractivity contribution in [2.75, 3.05) is 53.0 Å². The highest BCUT2D eigenvalue weighted by molar-refractivity contribution is 5.29. The Balaban J connectivity index is 1.41. The van der Waals surface area contributed by atoms with Crippen molar-refractivity contribution in [3.05, 3.63) is 53.9 Å². The molecule has 1 aliphatic heterocycles. The summed E-state index contributed by atoms with van der Waals surface area (Å²) in [7, 11) is 1.71. The first-order chi connectivity index (χ1) is 16.2. The molecule has 1 unspecified atom stereocenters. The molecule has 2 fully saturated rings. The van der Waals surface area contributed by atoms with Gasteiger partial charge in [0.1, 0.15) is 5.75 Å². The van der Waals surface area contributed by atoms with Crippen LogP contribution in [0.5, 0.6) is 5.75 Å². The van der Waals surface area contributed by atoms with Crippen LogP contribution in [0.1, 0.15) is 43.4 Å². The molecule has 0 spiro atoms. The zero-order valence-corrected chi connectivity index (χ0v) is 20.2. The van der Waals surface area contributed by atoms with Gasteiger partial charge >= 0.3 is 0 Å². The third-order valence-electron chi connectivity index (χ3n) is 7.08. The first kappa shape index (κ1) is 24.3. The second kappa shape index (κ2) is 12.6.